The van der Waals surface area contributed by atoms with Crippen LogP contribution < -0.4 is 5.73 Å². The van der Waals surface area contributed by atoms with Crippen molar-refractivity contribution in [3.63, 3.8) is 0 Å². The second-order valence-corrected chi connectivity index (χ2v) is 9.69. The average molecular weight is 498 g/mol. The largest absolute Gasteiger partial charge is 0.473 e. The third-order valence-electron chi connectivity index (χ3n) is 7.68. The Morgan fingerprint density at radius 3 is 1.95 bits per heavy atom. The predicted molar refractivity (Wildman–Crippen MR) is 141 cm³/mol. The van der Waals surface area contributed by atoms with Crippen LogP contribution in [-0.4, -0.2) is 53.0 Å². The molecular formula is C30H31N3O4. The smallest absolute Gasteiger partial charge is 0.417 e. The molecule has 190 valence electrons. The molecule has 5 rings (SSSR count). The molecule has 1 fully saturated rings. The van der Waals surface area contributed by atoms with Crippen LogP contribution in [-0.2, 0) is 19.9 Å². The first-order valence-electron chi connectivity index (χ1n) is 12.6. The highest BCUT2D eigenvalue weighted by atomic mass is 16.6. The molecule has 0 bridgehead atoms. The van der Waals surface area contributed by atoms with Gasteiger partial charge in [0.05, 0.1) is 18.2 Å². The van der Waals surface area contributed by atoms with Gasteiger partial charge >= 0.3 is 11.9 Å². The molecular weight excluding hydrogens is 466 g/mol. The summed E-state index contributed by atoms with van der Waals surface area (Å²) >= 11 is 0. The summed E-state index contributed by atoms with van der Waals surface area (Å²) in [6.45, 7) is 0.435. The standard InChI is InChI=1S/C30H31N3O4/c31-25(19-37-29(36)28(34)35)21-16-17-26-27(18-21)33(20-32-26)30(22-10-4-1-5-11-22,23-12-6-2-7-13-23)24-14-8-3-9-15-24/h1-15,21,25,27H,16-20,31H2,(H,34,35). The topological polar surface area (TPSA) is 105 Å². The van der Waals surface area contributed by atoms with E-state index in [-0.39, 0.29) is 18.6 Å². The predicted octanol–water partition coefficient (Wildman–Crippen LogP) is 3.82. The van der Waals surface area contributed by atoms with Crippen molar-refractivity contribution in [2.45, 2.75) is 36.9 Å². The van der Waals surface area contributed by atoms with Crippen molar-refractivity contribution in [3.05, 3.63) is 108 Å². The van der Waals surface area contributed by atoms with E-state index in [1.807, 2.05) is 18.2 Å². The molecule has 1 aliphatic heterocycles. The van der Waals surface area contributed by atoms with Gasteiger partial charge in [-0.05, 0) is 41.9 Å². The van der Waals surface area contributed by atoms with E-state index in [1.165, 1.54) is 0 Å². The number of carbonyl (C=O) groups excluding carboxylic acids is 1. The van der Waals surface area contributed by atoms with Gasteiger partial charge in [-0.3, -0.25) is 9.89 Å². The number of carboxylic acids is 1. The van der Waals surface area contributed by atoms with Crippen LogP contribution in [0.4, 0.5) is 0 Å². The first kappa shape index (κ1) is 24.9. The summed E-state index contributed by atoms with van der Waals surface area (Å²) in [6, 6.07) is 31.2. The van der Waals surface area contributed by atoms with Crippen molar-refractivity contribution >= 4 is 17.7 Å². The van der Waals surface area contributed by atoms with Gasteiger partial charge in [0.2, 0.25) is 0 Å². The summed E-state index contributed by atoms with van der Waals surface area (Å²) in [5.74, 6) is -2.82. The van der Waals surface area contributed by atoms with Gasteiger partial charge < -0.3 is 15.6 Å². The summed E-state index contributed by atoms with van der Waals surface area (Å²) in [4.78, 5) is 29.8. The van der Waals surface area contributed by atoms with Gasteiger partial charge in [-0.1, -0.05) is 91.0 Å². The minimum Gasteiger partial charge on any atom is -0.473 e. The number of carbonyl (C=O) groups is 2. The maximum absolute atomic E-state index is 11.5. The molecule has 2 aliphatic rings. The molecule has 3 aromatic rings. The summed E-state index contributed by atoms with van der Waals surface area (Å²) < 4.78 is 4.92. The zero-order valence-corrected chi connectivity index (χ0v) is 20.6. The number of carboxylic acid groups (broad SMARTS) is 1. The van der Waals surface area contributed by atoms with Crippen molar-refractivity contribution in [1.29, 1.82) is 0 Å². The molecule has 7 nitrogen and oxygen atoms in total. The molecule has 1 aliphatic carbocycles. The second kappa shape index (κ2) is 10.7. The molecule has 37 heavy (non-hydrogen) atoms. The third-order valence-corrected chi connectivity index (χ3v) is 7.68. The van der Waals surface area contributed by atoms with E-state index in [1.54, 1.807) is 0 Å². The fourth-order valence-corrected chi connectivity index (χ4v) is 5.93. The number of rotatable bonds is 7. The SMILES string of the molecule is NC(COC(=O)C(=O)O)C1CCC2=NCN(C(c3ccccc3)(c3ccccc3)c3ccccc3)C2C1. The molecule has 1 saturated carbocycles. The van der Waals surface area contributed by atoms with Crippen molar-refractivity contribution < 1.29 is 19.4 Å². The normalized spacial score (nSPS) is 20.5. The van der Waals surface area contributed by atoms with Crippen LogP contribution >= 0.6 is 0 Å². The molecule has 0 saturated heterocycles. The van der Waals surface area contributed by atoms with Crippen molar-refractivity contribution in [2.75, 3.05) is 13.3 Å². The van der Waals surface area contributed by atoms with Crippen molar-refractivity contribution in [1.82, 2.24) is 4.90 Å². The maximum Gasteiger partial charge on any atom is 0.417 e. The van der Waals surface area contributed by atoms with Crippen LogP contribution in [0.2, 0.25) is 0 Å². The molecule has 3 unspecified atom stereocenters. The van der Waals surface area contributed by atoms with E-state index in [0.29, 0.717) is 6.67 Å². The number of fused-ring (bicyclic) bond motifs is 1. The van der Waals surface area contributed by atoms with Crippen molar-refractivity contribution in [3.8, 4) is 0 Å². The number of benzene rings is 3. The Bertz CT molecular complexity index is 1170. The van der Waals surface area contributed by atoms with E-state index < -0.39 is 23.5 Å². The number of esters is 1. The van der Waals surface area contributed by atoms with Gasteiger partial charge in [0, 0.05) is 11.8 Å². The molecule has 3 N–H and O–H groups in total. The minimum atomic E-state index is -1.61. The van der Waals surface area contributed by atoms with Gasteiger partial charge in [-0.2, -0.15) is 0 Å². The number of aliphatic imine (C=N–C) groups is 1. The quantitative estimate of drug-likeness (QED) is 0.292. The van der Waals surface area contributed by atoms with Crippen LogP contribution in [0.1, 0.15) is 36.0 Å². The summed E-state index contributed by atoms with van der Waals surface area (Å²) in [7, 11) is 0. The zero-order valence-electron chi connectivity index (χ0n) is 20.6. The first-order valence-corrected chi connectivity index (χ1v) is 12.6. The molecule has 0 radical (unpaired) electrons. The Morgan fingerprint density at radius 1 is 0.946 bits per heavy atom. The van der Waals surface area contributed by atoms with E-state index in [4.69, 9.17) is 20.6 Å². The lowest BCUT2D eigenvalue weighted by molar-refractivity contribution is -0.164. The highest BCUT2D eigenvalue weighted by Crippen LogP contribution is 2.47. The lowest BCUT2D eigenvalue weighted by Crippen LogP contribution is -2.55. The van der Waals surface area contributed by atoms with E-state index in [2.05, 4.69) is 77.7 Å². The Morgan fingerprint density at radius 2 is 1.46 bits per heavy atom. The molecule has 0 spiro atoms. The van der Waals surface area contributed by atoms with Gasteiger partial charge in [-0.15, -0.1) is 0 Å². The summed E-state index contributed by atoms with van der Waals surface area (Å²) in [6.07, 6.45) is 2.38. The van der Waals surface area contributed by atoms with E-state index in [9.17, 15) is 9.59 Å². The fraction of sp³-hybridized carbons (Fsp3) is 0.300. The molecule has 3 aromatic carbocycles. The zero-order chi connectivity index (χ0) is 25.8. The van der Waals surface area contributed by atoms with E-state index >= 15 is 0 Å². The number of hydrogen-bond acceptors (Lipinski definition) is 6. The van der Waals surface area contributed by atoms with Crippen LogP contribution in [0.15, 0.2) is 96.0 Å². The average Bonchev–Trinajstić information content (AvgIpc) is 3.37. The van der Waals surface area contributed by atoms with Gasteiger partial charge in [0.15, 0.2) is 0 Å². The van der Waals surface area contributed by atoms with Gasteiger partial charge in [-0.25, -0.2) is 9.59 Å². The molecule has 1 heterocycles. The molecule has 3 atom stereocenters. The van der Waals surface area contributed by atoms with Crippen molar-refractivity contribution in [2.24, 2.45) is 16.6 Å². The van der Waals surface area contributed by atoms with Crippen LogP contribution in [0, 0.1) is 5.92 Å². The Labute approximate surface area is 216 Å². The highest BCUT2D eigenvalue weighted by molar-refractivity contribution is 6.28. The Kier molecular flexibility index (Phi) is 7.17. The van der Waals surface area contributed by atoms with Crippen LogP contribution in [0.5, 0.6) is 0 Å². The molecule has 0 aromatic heterocycles. The van der Waals surface area contributed by atoms with Crippen LogP contribution in [0.25, 0.3) is 0 Å². The number of ether oxygens (including phenoxy) is 1. The highest BCUT2D eigenvalue weighted by Gasteiger charge is 2.50. The lowest BCUT2D eigenvalue weighted by atomic mass is 9.72. The molecule has 0 amide bonds. The minimum absolute atomic E-state index is 0.0422. The second-order valence-electron chi connectivity index (χ2n) is 9.69. The van der Waals surface area contributed by atoms with Crippen LogP contribution in [0.3, 0.4) is 0 Å². The number of aliphatic carboxylic acids is 1. The number of nitrogens with two attached hydrogens (primary N) is 1. The van der Waals surface area contributed by atoms with Gasteiger partial charge in [0.1, 0.15) is 6.61 Å². The monoisotopic (exact) mass is 497 g/mol. The number of hydrogen-bond donors (Lipinski definition) is 2. The van der Waals surface area contributed by atoms with Gasteiger partial charge in [0.25, 0.3) is 0 Å². The maximum atomic E-state index is 11.5. The first-order chi connectivity index (χ1) is 18.0. The third kappa shape index (κ3) is 4.68. The summed E-state index contributed by atoms with van der Waals surface area (Å²) in [5, 5.41) is 8.84. The molecule has 7 heteroatoms. The Hall–Kier alpha value is -3.81. The Balaban J connectivity index is 1.55. The fourth-order valence-electron chi connectivity index (χ4n) is 5.93. The lowest BCUT2D eigenvalue weighted by Gasteiger charge is -2.48. The number of nitrogens with zero attached hydrogens (tertiary/aromatic N) is 2. The summed E-state index contributed by atoms with van der Waals surface area (Å²) in [5.41, 5.74) is 10.5. The van der Waals surface area contributed by atoms with E-state index in [0.717, 1.165) is 41.7 Å².